The fourth-order valence-electron chi connectivity index (χ4n) is 1.83. The molecule has 1 aromatic carbocycles. The molecule has 1 aromatic rings. The van der Waals surface area contributed by atoms with Crippen molar-refractivity contribution in [2.45, 2.75) is 19.8 Å². The summed E-state index contributed by atoms with van der Waals surface area (Å²) in [7, 11) is 1.47. The number of amides is 1. The van der Waals surface area contributed by atoms with Crippen molar-refractivity contribution in [3.63, 3.8) is 0 Å². The number of hydrogen-bond donors (Lipinski definition) is 2. The van der Waals surface area contributed by atoms with Gasteiger partial charge in [0.25, 0.3) is 5.91 Å². The summed E-state index contributed by atoms with van der Waals surface area (Å²) in [5.74, 6) is 0.212. The lowest BCUT2D eigenvalue weighted by Crippen LogP contribution is -2.36. The molecule has 0 saturated carbocycles. The predicted octanol–water partition coefficient (Wildman–Crippen LogP) is 1.60. The lowest BCUT2D eigenvalue weighted by atomic mass is 10.1. The zero-order chi connectivity index (χ0) is 14.3. The fourth-order valence-corrected chi connectivity index (χ4v) is 1.83. The van der Waals surface area contributed by atoms with Crippen LogP contribution >= 0.6 is 0 Å². The van der Waals surface area contributed by atoms with E-state index in [0.717, 1.165) is 12.8 Å². The predicted molar refractivity (Wildman–Crippen MR) is 74.5 cm³/mol. The van der Waals surface area contributed by atoms with Crippen molar-refractivity contribution in [3.8, 4) is 11.5 Å². The van der Waals surface area contributed by atoms with Gasteiger partial charge in [0.15, 0.2) is 11.5 Å². The molecule has 1 rings (SSSR count). The zero-order valence-corrected chi connectivity index (χ0v) is 11.6. The lowest BCUT2D eigenvalue weighted by Gasteiger charge is -2.22. The van der Waals surface area contributed by atoms with Gasteiger partial charge in [0.2, 0.25) is 0 Å². The minimum atomic E-state index is -0.114. The Morgan fingerprint density at radius 1 is 1.42 bits per heavy atom. The molecule has 0 radical (unpaired) electrons. The summed E-state index contributed by atoms with van der Waals surface area (Å²) in [4.78, 5) is 14.0. The van der Waals surface area contributed by atoms with Gasteiger partial charge < -0.3 is 20.5 Å². The van der Waals surface area contributed by atoms with Crippen LogP contribution in [0.5, 0.6) is 11.5 Å². The standard InChI is InChI=1S/C14H22N2O3/c1-3-4-8-16(9-7-15)14(18)11-5-6-13(19-2)12(17)10-11/h5-6,10,17H,3-4,7-9,15H2,1-2H3. The molecule has 0 fully saturated rings. The molecule has 0 spiro atoms. The number of methoxy groups -OCH3 is 1. The van der Waals surface area contributed by atoms with Gasteiger partial charge in [-0.25, -0.2) is 0 Å². The first-order valence-corrected chi connectivity index (χ1v) is 6.50. The molecule has 0 aliphatic carbocycles. The minimum absolute atomic E-state index is 0.0310. The fraction of sp³-hybridized carbons (Fsp3) is 0.500. The number of hydrogen-bond acceptors (Lipinski definition) is 4. The Morgan fingerprint density at radius 2 is 2.16 bits per heavy atom. The molecule has 5 heteroatoms. The molecule has 5 nitrogen and oxygen atoms in total. The summed E-state index contributed by atoms with van der Waals surface area (Å²) in [5.41, 5.74) is 5.98. The Labute approximate surface area is 114 Å². The Balaban J connectivity index is 2.86. The lowest BCUT2D eigenvalue weighted by molar-refractivity contribution is 0.0757. The highest BCUT2D eigenvalue weighted by atomic mass is 16.5. The van der Waals surface area contributed by atoms with Crippen LogP contribution in [-0.4, -0.2) is 42.7 Å². The number of phenols is 1. The molecule has 0 heterocycles. The molecule has 0 unspecified atom stereocenters. The summed E-state index contributed by atoms with van der Waals surface area (Å²) >= 11 is 0. The third kappa shape index (κ3) is 4.13. The third-order valence-corrected chi connectivity index (χ3v) is 2.89. The number of benzene rings is 1. The number of aromatic hydroxyl groups is 1. The van der Waals surface area contributed by atoms with E-state index in [1.807, 2.05) is 0 Å². The van der Waals surface area contributed by atoms with E-state index in [0.29, 0.717) is 30.9 Å². The highest BCUT2D eigenvalue weighted by molar-refractivity contribution is 5.94. The van der Waals surface area contributed by atoms with E-state index in [1.165, 1.54) is 13.2 Å². The second-order valence-electron chi connectivity index (χ2n) is 4.32. The summed E-state index contributed by atoms with van der Waals surface area (Å²) in [6.45, 7) is 3.70. The van der Waals surface area contributed by atoms with Crippen LogP contribution in [0, 0.1) is 0 Å². The summed E-state index contributed by atoms with van der Waals surface area (Å²) in [6, 6.07) is 4.66. The van der Waals surface area contributed by atoms with Crippen LogP contribution in [-0.2, 0) is 0 Å². The van der Waals surface area contributed by atoms with Gasteiger partial charge in [-0.05, 0) is 24.6 Å². The van der Waals surface area contributed by atoms with Gasteiger partial charge in [0, 0.05) is 25.2 Å². The van der Waals surface area contributed by atoms with Crippen LogP contribution < -0.4 is 10.5 Å². The maximum absolute atomic E-state index is 12.3. The first-order valence-electron chi connectivity index (χ1n) is 6.50. The van der Waals surface area contributed by atoms with Gasteiger partial charge >= 0.3 is 0 Å². The van der Waals surface area contributed by atoms with Crippen LogP contribution in [0.1, 0.15) is 30.1 Å². The maximum atomic E-state index is 12.3. The summed E-state index contributed by atoms with van der Waals surface area (Å²) in [6.07, 6.45) is 1.95. The first-order chi connectivity index (χ1) is 9.13. The van der Waals surface area contributed by atoms with E-state index < -0.39 is 0 Å². The van der Waals surface area contributed by atoms with Crippen LogP contribution in [0.2, 0.25) is 0 Å². The number of phenolic OH excluding ortho intramolecular Hbond substituents is 1. The second-order valence-corrected chi connectivity index (χ2v) is 4.32. The van der Waals surface area contributed by atoms with Crippen LogP contribution in [0.25, 0.3) is 0 Å². The van der Waals surface area contributed by atoms with Crippen molar-refractivity contribution in [3.05, 3.63) is 23.8 Å². The third-order valence-electron chi connectivity index (χ3n) is 2.89. The summed E-state index contributed by atoms with van der Waals surface area (Å²) < 4.78 is 4.96. The van der Waals surface area contributed by atoms with Gasteiger partial charge in [-0.3, -0.25) is 4.79 Å². The van der Waals surface area contributed by atoms with Gasteiger partial charge in [-0.2, -0.15) is 0 Å². The SMILES string of the molecule is CCCCN(CCN)C(=O)c1ccc(OC)c(O)c1. The van der Waals surface area contributed by atoms with Gasteiger partial charge in [-0.1, -0.05) is 13.3 Å². The molecular weight excluding hydrogens is 244 g/mol. The number of nitrogens with two attached hydrogens (primary N) is 1. The Bertz CT molecular complexity index is 421. The molecule has 0 aliphatic rings. The average molecular weight is 266 g/mol. The van der Waals surface area contributed by atoms with E-state index in [1.54, 1.807) is 17.0 Å². The van der Waals surface area contributed by atoms with Gasteiger partial charge in [0.1, 0.15) is 0 Å². The van der Waals surface area contributed by atoms with Crippen molar-refractivity contribution < 1.29 is 14.6 Å². The van der Waals surface area contributed by atoms with E-state index in [4.69, 9.17) is 10.5 Å². The van der Waals surface area contributed by atoms with E-state index in [9.17, 15) is 9.90 Å². The average Bonchev–Trinajstić information content (AvgIpc) is 2.42. The number of carbonyl (C=O) groups is 1. The van der Waals surface area contributed by atoms with E-state index in [2.05, 4.69) is 6.92 Å². The van der Waals surface area contributed by atoms with Crippen LogP contribution in [0.15, 0.2) is 18.2 Å². The summed E-state index contributed by atoms with van der Waals surface area (Å²) in [5, 5.41) is 9.71. The number of carbonyl (C=O) groups excluding carboxylic acids is 1. The van der Waals surface area contributed by atoms with E-state index in [-0.39, 0.29) is 11.7 Å². The van der Waals surface area contributed by atoms with Crippen molar-refractivity contribution in [1.29, 1.82) is 0 Å². The van der Waals surface area contributed by atoms with Crippen molar-refractivity contribution in [2.24, 2.45) is 5.73 Å². The highest BCUT2D eigenvalue weighted by Crippen LogP contribution is 2.26. The molecule has 0 aliphatic heterocycles. The smallest absolute Gasteiger partial charge is 0.254 e. The number of nitrogens with zero attached hydrogens (tertiary/aromatic N) is 1. The number of rotatable bonds is 7. The topological polar surface area (TPSA) is 75.8 Å². The largest absolute Gasteiger partial charge is 0.504 e. The molecule has 0 bridgehead atoms. The Hall–Kier alpha value is -1.75. The molecule has 0 aromatic heterocycles. The van der Waals surface area contributed by atoms with Gasteiger partial charge in [0.05, 0.1) is 7.11 Å². The van der Waals surface area contributed by atoms with Gasteiger partial charge in [-0.15, -0.1) is 0 Å². The minimum Gasteiger partial charge on any atom is -0.504 e. The Morgan fingerprint density at radius 3 is 2.68 bits per heavy atom. The molecule has 3 N–H and O–H groups in total. The molecule has 0 saturated heterocycles. The second kappa shape index (κ2) is 7.63. The maximum Gasteiger partial charge on any atom is 0.254 e. The quantitative estimate of drug-likeness (QED) is 0.786. The number of ether oxygens (including phenoxy) is 1. The van der Waals surface area contributed by atoms with Crippen molar-refractivity contribution >= 4 is 5.91 Å². The Kier molecular flexibility index (Phi) is 6.15. The number of unbranched alkanes of at least 4 members (excludes halogenated alkanes) is 1. The zero-order valence-electron chi connectivity index (χ0n) is 11.6. The molecule has 1 amide bonds. The molecule has 106 valence electrons. The first kappa shape index (κ1) is 15.3. The van der Waals surface area contributed by atoms with Crippen LogP contribution in [0.4, 0.5) is 0 Å². The molecule has 19 heavy (non-hydrogen) atoms. The highest BCUT2D eigenvalue weighted by Gasteiger charge is 2.16. The van der Waals surface area contributed by atoms with Crippen LogP contribution in [0.3, 0.4) is 0 Å². The monoisotopic (exact) mass is 266 g/mol. The van der Waals surface area contributed by atoms with Crippen molar-refractivity contribution in [2.75, 3.05) is 26.7 Å². The molecular formula is C14H22N2O3. The van der Waals surface area contributed by atoms with Crippen molar-refractivity contribution in [1.82, 2.24) is 4.90 Å². The van der Waals surface area contributed by atoms with E-state index >= 15 is 0 Å². The normalized spacial score (nSPS) is 10.3. The molecule has 0 atom stereocenters.